The molecule has 1 atom stereocenters. The van der Waals surface area contributed by atoms with Crippen molar-refractivity contribution in [2.75, 3.05) is 5.32 Å². The van der Waals surface area contributed by atoms with Gasteiger partial charge < -0.3 is 11.1 Å². The number of pyridine rings is 1. The first-order valence-electron chi connectivity index (χ1n) is 7.19. The van der Waals surface area contributed by atoms with E-state index in [1.807, 2.05) is 52.0 Å². The Bertz CT molecular complexity index is 659. The van der Waals surface area contributed by atoms with Crippen molar-refractivity contribution in [3.8, 4) is 0 Å². The lowest BCUT2D eigenvalue weighted by atomic mass is 9.85. The fourth-order valence-electron chi connectivity index (χ4n) is 2.13. The van der Waals surface area contributed by atoms with E-state index in [4.69, 9.17) is 5.73 Å². The van der Waals surface area contributed by atoms with E-state index in [9.17, 15) is 4.79 Å². The molecule has 0 aliphatic heterocycles. The summed E-state index contributed by atoms with van der Waals surface area (Å²) in [4.78, 5) is 16.6. The van der Waals surface area contributed by atoms with Crippen LogP contribution < -0.4 is 11.1 Å². The molecule has 3 N–H and O–H groups in total. The maximum absolute atomic E-state index is 12.2. The molecule has 112 valence electrons. The SMILES string of the molecule is Cc1ccc(NC(=O)CC(N)C(C)(C)C)c2cccnc12. The molecular formula is C17H23N3O. The molecule has 4 heteroatoms. The van der Waals surface area contributed by atoms with Gasteiger partial charge >= 0.3 is 0 Å². The number of amides is 1. The van der Waals surface area contributed by atoms with Crippen LogP contribution in [-0.2, 0) is 4.79 Å². The number of anilines is 1. The molecular weight excluding hydrogens is 262 g/mol. The van der Waals surface area contributed by atoms with E-state index in [0.29, 0.717) is 6.42 Å². The first kappa shape index (κ1) is 15.4. The van der Waals surface area contributed by atoms with Gasteiger partial charge in [-0.05, 0) is 36.1 Å². The summed E-state index contributed by atoms with van der Waals surface area (Å²) in [5.41, 5.74) is 8.77. The molecule has 2 aromatic rings. The lowest BCUT2D eigenvalue weighted by Crippen LogP contribution is -2.38. The standard InChI is InChI=1S/C17H23N3O/c1-11-7-8-13(12-6-5-9-19-16(11)12)20-15(21)10-14(18)17(2,3)4/h5-9,14H,10,18H2,1-4H3,(H,20,21). The Hall–Kier alpha value is -1.94. The molecule has 0 saturated heterocycles. The van der Waals surface area contributed by atoms with Crippen molar-refractivity contribution in [1.82, 2.24) is 4.98 Å². The van der Waals surface area contributed by atoms with Gasteiger partial charge in [0.15, 0.2) is 0 Å². The van der Waals surface area contributed by atoms with E-state index in [0.717, 1.165) is 22.2 Å². The van der Waals surface area contributed by atoms with Gasteiger partial charge in [-0.2, -0.15) is 0 Å². The second-order valence-corrected chi connectivity index (χ2v) is 6.55. The number of nitrogens with zero attached hydrogens (tertiary/aromatic N) is 1. The lowest BCUT2D eigenvalue weighted by Gasteiger charge is -2.26. The molecule has 1 aromatic carbocycles. The van der Waals surface area contributed by atoms with Crippen LogP contribution in [0.2, 0.25) is 0 Å². The molecule has 0 fully saturated rings. The number of aryl methyl sites for hydroxylation is 1. The first-order chi connectivity index (χ1) is 9.79. The lowest BCUT2D eigenvalue weighted by molar-refractivity contribution is -0.117. The first-order valence-corrected chi connectivity index (χ1v) is 7.19. The minimum Gasteiger partial charge on any atom is -0.327 e. The summed E-state index contributed by atoms with van der Waals surface area (Å²) in [6, 6.07) is 7.55. The summed E-state index contributed by atoms with van der Waals surface area (Å²) in [7, 11) is 0. The molecule has 0 bridgehead atoms. The number of rotatable bonds is 3. The normalized spacial score (nSPS) is 13.2. The molecule has 1 aromatic heterocycles. The summed E-state index contributed by atoms with van der Waals surface area (Å²) in [5.74, 6) is -0.0635. The topological polar surface area (TPSA) is 68.0 Å². The zero-order valence-electron chi connectivity index (χ0n) is 13.1. The highest BCUT2D eigenvalue weighted by Gasteiger charge is 2.23. The molecule has 0 aliphatic rings. The Balaban J connectivity index is 2.21. The van der Waals surface area contributed by atoms with Crippen LogP contribution >= 0.6 is 0 Å². The second kappa shape index (κ2) is 5.82. The number of aromatic nitrogens is 1. The summed E-state index contributed by atoms with van der Waals surface area (Å²) < 4.78 is 0. The van der Waals surface area contributed by atoms with Crippen molar-refractivity contribution in [3.63, 3.8) is 0 Å². The van der Waals surface area contributed by atoms with Gasteiger partial charge in [0.1, 0.15) is 0 Å². The molecule has 1 heterocycles. The zero-order chi connectivity index (χ0) is 15.6. The fourth-order valence-corrected chi connectivity index (χ4v) is 2.13. The van der Waals surface area contributed by atoms with E-state index in [1.54, 1.807) is 6.20 Å². The third-order valence-corrected chi connectivity index (χ3v) is 3.76. The van der Waals surface area contributed by atoms with Crippen molar-refractivity contribution < 1.29 is 4.79 Å². The van der Waals surface area contributed by atoms with Crippen LogP contribution in [0.5, 0.6) is 0 Å². The predicted octanol–water partition coefficient (Wildman–Crippen LogP) is 3.25. The van der Waals surface area contributed by atoms with Crippen LogP contribution in [0, 0.1) is 12.3 Å². The van der Waals surface area contributed by atoms with Crippen molar-refractivity contribution in [3.05, 3.63) is 36.0 Å². The number of carbonyl (C=O) groups excluding carboxylic acids is 1. The number of nitrogens with two attached hydrogens (primary N) is 1. The summed E-state index contributed by atoms with van der Waals surface area (Å²) in [6.07, 6.45) is 2.07. The largest absolute Gasteiger partial charge is 0.327 e. The molecule has 0 saturated carbocycles. The smallest absolute Gasteiger partial charge is 0.225 e. The van der Waals surface area contributed by atoms with Gasteiger partial charge in [-0.25, -0.2) is 0 Å². The summed E-state index contributed by atoms with van der Waals surface area (Å²) >= 11 is 0. The van der Waals surface area contributed by atoms with Crippen molar-refractivity contribution >= 4 is 22.5 Å². The average molecular weight is 285 g/mol. The van der Waals surface area contributed by atoms with E-state index in [1.165, 1.54) is 0 Å². The monoisotopic (exact) mass is 285 g/mol. The molecule has 1 amide bonds. The fraction of sp³-hybridized carbons (Fsp3) is 0.412. The van der Waals surface area contributed by atoms with Crippen molar-refractivity contribution in [2.24, 2.45) is 11.1 Å². The molecule has 1 unspecified atom stereocenters. The highest BCUT2D eigenvalue weighted by molar-refractivity contribution is 6.01. The molecule has 21 heavy (non-hydrogen) atoms. The number of benzene rings is 1. The van der Waals surface area contributed by atoms with Gasteiger partial charge in [0.2, 0.25) is 5.91 Å². The summed E-state index contributed by atoms with van der Waals surface area (Å²) in [5, 5.41) is 3.91. The second-order valence-electron chi connectivity index (χ2n) is 6.55. The summed E-state index contributed by atoms with van der Waals surface area (Å²) in [6.45, 7) is 8.12. The minimum atomic E-state index is -0.174. The predicted molar refractivity (Wildman–Crippen MR) is 87.2 cm³/mol. The van der Waals surface area contributed by atoms with Gasteiger partial charge in [-0.3, -0.25) is 9.78 Å². The van der Waals surface area contributed by atoms with E-state index in [-0.39, 0.29) is 17.4 Å². The third-order valence-electron chi connectivity index (χ3n) is 3.76. The Morgan fingerprint density at radius 3 is 2.71 bits per heavy atom. The Morgan fingerprint density at radius 1 is 1.33 bits per heavy atom. The van der Waals surface area contributed by atoms with Crippen LogP contribution in [0.1, 0.15) is 32.8 Å². The van der Waals surface area contributed by atoms with Gasteiger partial charge in [0.25, 0.3) is 0 Å². The number of carbonyl (C=O) groups is 1. The van der Waals surface area contributed by atoms with Gasteiger partial charge in [0.05, 0.1) is 11.2 Å². The Labute approximate surface area is 125 Å². The highest BCUT2D eigenvalue weighted by atomic mass is 16.1. The highest BCUT2D eigenvalue weighted by Crippen LogP contribution is 2.25. The third kappa shape index (κ3) is 3.58. The minimum absolute atomic E-state index is 0.0635. The van der Waals surface area contributed by atoms with Crippen LogP contribution in [-0.4, -0.2) is 16.9 Å². The number of hydrogen-bond acceptors (Lipinski definition) is 3. The van der Waals surface area contributed by atoms with Gasteiger partial charge in [-0.15, -0.1) is 0 Å². The van der Waals surface area contributed by atoms with Crippen LogP contribution in [0.3, 0.4) is 0 Å². The molecule has 0 radical (unpaired) electrons. The number of hydrogen-bond donors (Lipinski definition) is 2. The zero-order valence-corrected chi connectivity index (χ0v) is 13.1. The van der Waals surface area contributed by atoms with Gasteiger partial charge in [0, 0.05) is 24.0 Å². The van der Waals surface area contributed by atoms with Crippen LogP contribution in [0.25, 0.3) is 10.9 Å². The maximum atomic E-state index is 12.2. The van der Waals surface area contributed by atoms with E-state index < -0.39 is 0 Å². The van der Waals surface area contributed by atoms with Crippen molar-refractivity contribution in [1.29, 1.82) is 0 Å². The average Bonchev–Trinajstić information content (AvgIpc) is 2.41. The molecule has 0 spiro atoms. The van der Waals surface area contributed by atoms with Crippen molar-refractivity contribution in [2.45, 2.75) is 40.2 Å². The van der Waals surface area contributed by atoms with E-state index >= 15 is 0 Å². The number of nitrogens with one attached hydrogen (secondary N) is 1. The van der Waals surface area contributed by atoms with Gasteiger partial charge in [-0.1, -0.05) is 26.8 Å². The molecule has 0 aliphatic carbocycles. The van der Waals surface area contributed by atoms with E-state index in [2.05, 4.69) is 10.3 Å². The number of fused-ring (bicyclic) bond motifs is 1. The van der Waals surface area contributed by atoms with Crippen LogP contribution in [0.4, 0.5) is 5.69 Å². The molecule has 4 nitrogen and oxygen atoms in total. The Kier molecular flexibility index (Phi) is 4.28. The van der Waals surface area contributed by atoms with Crippen LogP contribution in [0.15, 0.2) is 30.5 Å². The molecule has 2 rings (SSSR count). The Morgan fingerprint density at radius 2 is 2.05 bits per heavy atom. The quantitative estimate of drug-likeness (QED) is 0.909. The maximum Gasteiger partial charge on any atom is 0.225 e.